The van der Waals surface area contributed by atoms with Gasteiger partial charge in [-0.3, -0.25) is 0 Å². The van der Waals surface area contributed by atoms with Crippen molar-refractivity contribution < 1.29 is 0 Å². The first-order valence-corrected chi connectivity index (χ1v) is 15.9. The minimum absolute atomic E-state index is 0.277. The maximum absolute atomic E-state index is 10.0. The second kappa shape index (κ2) is 11.8. The molecule has 2 saturated carbocycles. The maximum Gasteiger partial charge on any atom is 0.164 e. The summed E-state index contributed by atoms with van der Waals surface area (Å²) in [5, 5.41) is 19.3. The zero-order valence-electron chi connectivity index (χ0n) is 25.7. The molecule has 2 aliphatic carbocycles. The summed E-state index contributed by atoms with van der Waals surface area (Å²) >= 11 is 0. The van der Waals surface area contributed by atoms with E-state index >= 15 is 0 Å². The van der Waals surface area contributed by atoms with Gasteiger partial charge in [0.15, 0.2) is 17.5 Å². The summed E-state index contributed by atoms with van der Waals surface area (Å²) in [6.07, 6.45) is 6.57. The number of hydrogen-bond acceptors (Lipinski definition) is 5. The van der Waals surface area contributed by atoms with Crippen molar-refractivity contribution in [1.29, 1.82) is 10.5 Å². The number of benzene rings is 4. The van der Waals surface area contributed by atoms with Crippen LogP contribution in [0, 0.1) is 40.4 Å². The lowest BCUT2D eigenvalue weighted by Gasteiger charge is -2.50. The van der Waals surface area contributed by atoms with Crippen LogP contribution < -0.4 is 0 Å². The van der Waals surface area contributed by atoms with Crippen LogP contribution in [-0.2, 0) is 5.41 Å². The van der Waals surface area contributed by atoms with Gasteiger partial charge in [-0.1, -0.05) is 68.4 Å². The molecule has 5 aromatic rings. The molecule has 5 nitrogen and oxygen atoms in total. The molecule has 2 aliphatic rings. The number of rotatable bonds is 5. The van der Waals surface area contributed by atoms with Gasteiger partial charge in [0.25, 0.3) is 0 Å². The third-order valence-corrected chi connectivity index (χ3v) is 9.72. The summed E-state index contributed by atoms with van der Waals surface area (Å²) < 4.78 is 0. The highest BCUT2D eigenvalue weighted by Crippen LogP contribution is 2.54. The van der Waals surface area contributed by atoms with Crippen LogP contribution >= 0.6 is 0 Å². The molecule has 0 radical (unpaired) electrons. The second-order valence-electron chi connectivity index (χ2n) is 13.3. The Balaban J connectivity index is 1.29. The van der Waals surface area contributed by atoms with E-state index in [0.717, 1.165) is 45.6 Å². The highest BCUT2D eigenvalue weighted by Gasteiger charge is 2.45. The first kappa shape index (κ1) is 28.6. The van der Waals surface area contributed by atoms with E-state index in [4.69, 9.17) is 15.0 Å². The molecular formula is C40H35N5. The van der Waals surface area contributed by atoms with Gasteiger partial charge in [-0.15, -0.1) is 0 Å². The fourth-order valence-electron chi connectivity index (χ4n) is 8.11. The number of aromatic nitrogens is 3. The van der Waals surface area contributed by atoms with E-state index in [2.05, 4.69) is 56.3 Å². The lowest BCUT2D eigenvalue weighted by Crippen LogP contribution is -2.42. The van der Waals surface area contributed by atoms with Gasteiger partial charge in [0.1, 0.15) is 0 Å². The average Bonchev–Trinajstić information content (AvgIpc) is 3.07. The van der Waals surface area contributed by atoms with Crippen LogP contribution in [0.5, 0.6) is 0 Å². The number of nitrogens with zero attached hydrogens (tertiary/aromatic N) is 5. The molecule has 4 aromatic carbocycles. The molecule has 2 bridgehead atoms. The van der Waals surface area contributed by atoms with Crippen LogP contribution in [0.3, 0.4) is 0 Å². The normalized spacial score (nSPS) is 22.3. The molecule has 2 fully saturated rings. The van der Waals surface area contributed by atoms with Crippen molar-refractivity contribution in [3.05, 3.63) is 114 Å². The number of nitriles is 2. The van der Waals surface area contributed by atoms with Gasteiger partial charge in [-0.05, 0) is 114 Å². The standard InChI is InChI=1S/C40H35N5/c1-26-16-29-17-27(2)22-40(21-26,23-29)36-14-12-31(13-15-36)34-18-30(25-42)19-35(20-34)39-44-37(32-6-4-3-5-7-32)43-38(45-39)33-10-8-28(24-41)9-11-33/h3-15,18-20,26-27,29H,16-17,21-23H2,1-2H3/t26-,27+,29-,40?. The van der Waals surface area contributed by atoms with Crippen molar-refractivity contribution in [2.45, 2.75) is 51.4 Å². The minimum atomic E-state index is 0.277. The average molecular weight is 586 g/mol. The number of hydrogen-bond donors (Lipinski definition) is 0. The Morgan fingerprint density at radius 3 is 1.69 bits per heavy atom. The SMILES string of the molecule is C[C@@H]1C[C@@H]2C[C@H](C)CC(c3ccc(-c4cc(C#N)cc(-c5nc(-c6ccccc6)nc(-c6ccc(C#N)cc6)n5)c4)cc3)(C1)C2. The Morgan fingerprint density at radius 1 is 0.556 bits per heavy atom. The van der Waals surface area contributed by atoms with Gasteiger partial charge >= 0.3 is 0 Å². The van der Waals surface area contributed by atoms with Crippen LogP contribution in [0.4, 0.5) is 0 Å². The van der Waals surface area contributed by atoms with Crippen molar-refractivity contribution in [1.82, 2.24) is 15.0 Å². The monoisotopic (exact) mass is 585 g/mol. The molecule has 0 spiro atoms. The van der Waals surface area contributed by atoms with E-state index in [1.165, 1.54) is 37.7 Å². The van der Waals surface area contributed by atoms with Gasteiger partial charge in [0.05, 0.1) is 23.3 Å². The van der Waals surface area contributed by atoms with Crippen LogP contribution in [0.15, 0.2) is 97.1 Å². The summed E-state index contributed by atoms with van der Waals surface area (Å²) in [6, 6.07) is 36.6. The van der Waals surface area contributed by atoms with Crippen molar-refractivity contribution in [3.63, 3.8) is 0 Å². The Bertz CT molecular complexity index is 1910. The Hall–Kier alpha value is -5.13. The Kier molecular flexibility index (Phi) is 7.48. The molecule has 5 heteroatoms. The molecule has 45 heavy (non-hydrogen) atoms. The van der Waals surface area contributed by atoms with Crippen molar-refractivity contribution in [2.24, 2.45) is 17.8 Å². The van der Waals surface area contributed by atoms with Gasteiger partial charge < -0.3 is 0 Å². The fourth-order valence-corrected chi connectivity index (χ4v) is 8.11. The smallest absolute Gasteiger partial charge is 0.164 e. The van der Waals surface area contributed by atoms with Crippen LogP contribution in [0.1, 0.15) is 62.6 Å². The third kappa shape index (κ3) is 5.75. The zero-order chi connectivity index (χ0) is 31.0. The highest BCUT2D eigenvalue weighted by molar-refractivity contribution is 5.74. The van der Waals surface area contributed by atoms with E-state index in [9.17, 15) is 10.5 Å². The molecule has 0 N–H and O–H groups in total. The lowest BCUT2D eigenvalue weighted by atomic mass is 9.54. The predicted molar refractivity (Wildman–Crippen MR) is 178 cm³/mol. The molecule has 220 valence electrons. The first-order chi connectivity index (χ1) is 21.9. The lowest BCUT2D eigenvalue weighted by molar-refractivity contribution is 0.0780. The topological polar surface area (TPSA) is 86.2 Å². The van der Waals surface area contributed by atoms with E-state index in [-0.39, 0.29) is 5.41 Å². The van der Waals surface area contributed by atoms with Crippen molar-refractivity contribution in [3.8, 4) is 57.4 Å². The molecular weight excluding hydrogens is 550 g/mol. The van der Waals surface area contributed by atoms with E-state index in [1.807, 2.05) is 54.6 Å². The van der Waals surface area contributed by atoms with Crippen molar-refractivity contribution >= 4 is 0 Å². The van der Waals surface area contributed by atoms with Crippen LogP contribution in [0.25, 0.3) is 45.3 Å². The molecule has 1 aromatic heterocycles. The van der Waals surface area contributed by atoms with Gasteiger partial charge in [-0.25, -0.2) is 15.0 Å². The molecule has 7 rings (SSSR count). The Morgan fingerprint density at radius 2 is 1.09 bits per heavy atom. The maximum atomic E-state index is 10.0. The summed E-state index contributed by atoms with van der Waals surface area (Å²) in [5.74, 6) is 3.92. The zero-order valence-corrected chi connectivity index (χ0v) is 25.7. The number of fused-ring (bicyclic) bond motifs is 2. The fraction of sp³-hybridized carbons (Fsp3) is 0.275. The molecule has 1 unspecified atom stereocenters. The summed E-state index contributed by atoms with van der Waals surface area (Å²) in [7, 11) is 0. The third-order valence-electron chi connectivity index (χ3n) is 9.72. The first-order valence-electron chi connectivity index (χ1n) is 15.9. The van der Waals surface area contributed by atoms with Gasteiger partial charge in [0, 0.05) is 16.7 Å². The predicted octanol–water partition coefficient (Wildman–Crippen LogP) is 9.39. The largest absolute Gasteiger partial charge is 0.208 e. The summed E-state index contributed by atoms with van der Waals surface area (Å²) in [4.78, 5) is 14.6. The molecule has 1 heterocycles. The molecule has 0 saturated heterocycles. The quantitative estimate of drug-likeness (QED) is 0.205. The summed E-state index contributed by atoms with van der Waals surface area (Å²) in [6.45, 7) is 4.86. The minimum Gasteiger partial charge on any atom is -0.208 e. The Labute approximate surface area is 265 Å². The van der Waals surface area contributed by atoms with E-state index in [1.54, 1.807) is 12.1 Å². The van der Waals surface area contributed by atoms with E-state index < -0.39 is 0 Å². The summed E-state index contributed by atoms with van der Waals surface area (Å²) in [5.41, 5.74) is 7.31. The highest BCUT2D eigenvalue weighted by atomic mass is 15.0. The van der Waals surface area contributed by atoms with Crippen LogP contribution in [0.2, 0.25) is 0 Å². The van der Waals surface area contributed by atoms with Crippen molar-refractivity contribution in [2.75, 3.05) is 0 Å². The second-order valence-corrected chi connectivity index (χ2v) is 13.3. The molecule has 4 atom stereocenters. The molecule has 0 amide bonds. The van der Waals surface area contributed by atoms with Crippen LogP contribution in [-0.4, -0.2) is 15.0 Å². The van der Waals surface area contributed by atoms with Gasteiger partial charge in [0.2, 0.25) is 0 Å². The molecule has 0 aliphatic heterocycles. The van der Waals surface area contributed by atoms with E-state index in [0.29, 0.717) is 28.6 Å². The van der Waals surface area contributed by atoms with Gasteiger partial charge in [-0.2, -0.15) is 10.5 Å².